The zero-order valence-electron chi connectivity index (χ0n) is 12.2. The SMILES string of the molecule is CCC(C)CC(C)Nc1cnn(CC(F)(F)F)c(=O)c1Br. The summed E-state index contributed by atoms with van der Waals surface area (Å²) in [7, 11) is 0. The van der Waals surface area contributed by atoms with Crippen molar-refractivity contribution in [1.82, 2.24) is 9.78 Å². The molecule has 21 heavy (non-hydrogen) atoms. The van der Waals surface area contributed by atoms with Gasteiger partial charge in [-0.15, -0.1) is 0 Å². The maximum Gasteiger partial charge on any atom is 0.408 e. The molecule has 0 amide bonds. The number of alkyl halides is 3. The lowest BCUT2D eigenvalue weighted by molar-refractivity contribution is -0.143. The van der Waals surface area contributed by atoms with Gasteiger partial charge in [-0.05, 0) is 35.2 Å². The van der Waals surface area contributed by atoms with Crippen LogP contribution in [0.3, 0.4) is 0 Å². The van der Waals surface area contributed by atoms with Gasteiger partial charge in [0.15, 0.2) is 0 Å². The molecule has 0 spiro atoms. The second kappa shape index (κ2) is 7.29. The Balaban J connectivity index is 2.87. The van der Waals surface area contributed by atoms with Crippen LogP contribution in [0.15, 0.2) is 15.5 Å². The number of hydrogen-bond acceptors (Lipinski definition) is 3. The molecule has 0 saturated carbocycles. The molecule has 2 unspecified atom stereocenters. The van der Waals surface area contributed by atoms with Crippen LogP contribution in [0, 0.1) is 5.92 Å². The third kappa shape index (κ3) is 5.68. The van der Waals surface area contributed by atoms with Gasteiger partial charge in [0.25, 0.3) is 5.56 Å². The highest BCUT2D eigenvalue weighted by Gasteiger charge is 2.29. The van der Waals surface area contributed by atoms with Crippen molar-refractivity contribution in [2.24, 2.45) is 5.92 Å². The zero-order chi connectivity index (χ0) is 16.2. The highest BCUT2D eigenvalue weighted by Crippen LogP contribution is 2.21. The molecule has 4 nitrogen and oxygen atoms in total. The summed E-state index contributed by atoms with van der Waals surface area (Å²) >= 11 is 3.05. The summed E-state index contributed by atoms with van der Waals surface area (Å²) in [5, 5.41) is 6.67. The molecule has 120 valence electrons. The number of hydrogen-bond donors (Lipinski definition) is 1. The maximum atomic E-state index is 12.3. The molecule has 0 bridgehead atoms. The molecule has 1 aromatic rings. The van der Waals surface area contributed by atoms with Gasteiger partial charge >= 0.3 is 6.18 Å². The molecule has 0 fully saturated rings. The third-order valence-corrected chi connectivity index (χ3v) is 3.94. The van der Waals surface area contributed by atoms with Gasteiger partial charge in [-0.1, -0.05) is 20.3 Å². The van der Waals surface area contributed by atoms with Crippen molar-refractivity contribution in [1.29, 1.82) is 0 Å². The highest BCUT2D eigenvalue weighted by molar-refractivity contribution is 9.10. The minimum atomic E-state index is -4.48. The van der Waals surface area contributed by atoms with E-state index in [0.29, 0.717) is 16.3 Å². The molecule has 8 heteroatoms. The Bertz CT molecular complexity index is 530. The van der Waals surface area contributed by atoms with E-state index in [0.717, 1.165) is 12.8 Å². The highest BCUT2D eigenvalue weighted by atomic mass is 79.9. The van der Waals surface area contributed by atoms with Crippen LogP contribution in [0.25, 0.3) is 0 Å². The van der Waals surface area contributed by atoms with Gasteiger partial charge in [0.05, 0.1) is 11.9 Å². The first kappa shape index (κ1) is 18.0. The predicted octanol–water partition coefficient (Wildman–Crippen LogP) is 3.80. The minimum Gasteiger partial charge on any atom is -0.380 e. The number of nitrogens with zero attached hydrogens (tertiary/aromatic N) is 2. The fourth-order valence-corrected chi connectivity index (χ4v) is 2.36. The monoisotopic (exact) mass is 369 g/mol. The van der Waals surface area contributed by atoms with E-state index in [1.807, 2.05) is 6.92 Å². The normalized spacial score (nSPS) is 14.8. The van der Waals surface area contributed by atoms with Gasteiger partial charge < -0.3 is 5.32 Å². The molecule has 0 radical (unpaired) electrons. The summed E-state index contributed by atoms with van der Waals surface area (Å²) in [6, 6.07) is 0.0934. The van der Waals surface area contributed by atoms with Crippen molar-refractivity contribution in [3.8, 4) is 0 Å². The van der Waals surface area contributed by atoms with Crippen LogP contribution in [0.4, 0.5) is 18.9 Å². The van der Waals surface area contributed by atoms with Crippen LogP contribution >= 0.6 is 15.9 Å². The average molecular weight is 370 g/mol. The van der Waals surface area contributed by atoms with Crippen molar-refractivity contribution >= 4 is 21.6 Å². The van der Waals surface area contributed by atoms with Crippen LogP contribution in [0.1, 0.15) is 33.6 Å². The molecule has 1 aromatic heterocycles. The Labute approximate surface area is 129 Å². The summed E-state index contributed by atoms with van der Waals surface area (Å²) < 4.78 is 37.4. The van der Waals surface area contributed by atoms with Gasteiger partial charge in [0.1, 0.15) is 11.0 Å². The van der Waals surface area contributed by atoms with Crippen LogP contribution in [0.5, 0.6) is 0 Å². The van der Waals surface area contributed by atoms with Crippen molar-refractivity contribution in [2.45, 2.75) is 52.4 Å². The molecule has 0 aromatic carbocycles. The number of halogens is 4. The molecule has 1 heterocycles. The Hall–Kier alpha value is -1.05. The Kier molecular flexibility index (Phi) is 6.24. The van der Waals surface area contributed by atoms with Crippen molar-refractivity contribution in [3.05, 3.63) is 21.0 Å². The molecular weight excluding hydrogens is 351 g/mol. The van der Waals surface area contributed by atoms with E-state index in [9.17, 15) is 18.0 Å². The number of nitrogens with one attached hydrogen (secondary N) is 1. The van der Waals surface area contributed by atoms with Crippen LogP contribution in [0.2, 0.25) is 0 Å². The molecule has 2 atom stereocenters. The Morgan fingerprint density at radius 1 is 1.43 bits per heavy atom. The first-order valence-electron chi connectivity index (χ1n) is 6.73. The maximum absolute atomic E-state index is 12.3. The molecule has 0 aliphatic carbocycles. The molecule has 0 saturated heterocycles. The summed E-state index contributed by atoms with van der Waals surface area (Å²) in [6.07, 6.45) is -1.30. The smallest absolute Gasteiger partial charge is 0.380 e. The van der Waals surface area contributed by atoms with Gasteiger partial charge in [-0.25, -0.2) is 4.68 Å². The van der Waals surface area contributed by atoms with E-state index in [1.165, 1.54) is 6.20 Å². The van der Waals surface area contributed by atoms with Crippen LogP contribution < -0.4 is 10.9 Å². The van der Waals surface area contributed by atoms with Gasteiger partial charge in [-0.3, -0.25) is 4.79 Å². The van der Waals surface area contributed by atoms with E-state index in [1.54, 1.807) is 0 Å². The van der Waals surface area contributed by atoms with E-state index in [4.69, 9.17) is 0 Å². The lowest BCUT2D eigenvalue weighted by Gasteiger charge is -2.19. The van der Waals surface area contributed by atoms with Gasteiger partial charge in [-0.2, -0.15) is 18.3 Å². The summed E-state index contributed by atoms with van der Waals surface area (Å²) in [5.41, 5.74) is -0.387. The van der Waals surface area contributed by atoms with E-state index < -0.39 is 18.3 Å². The second-order valence-electron chi connectivity index (χ2n) is 5.24. The Morgan fingerprint density at radius 3 is 2.57 bits per heavy atom. The molecule has 1 rings (SSSR count). The molecule has 1 N–H and O–H groups in total. The quantitative estimate of drug-likeness (QED) is 0.829. The van der Waals surface area contributed by atoms with E-state index in [-0.39, 0.29) is 10.5 Å². The van der Waals surface area contributed by atoms with E-state index >= 15 is 0 Å². The van der Waals surface area contributed by atoms with Crippen molar-refractivity contribution in [3.63, 3.8) is 0 Å². The average Bonchev–Trinajstić information content (AvgIpc) is 2.37. The number of rotatable bonds is 6. The summed E-state index contributed by atoms with van der Waals surface area (Å²) in [5.74, 6) is 0.518. The largest absolute Gasteiger partial charge is 0.408 e. The zero-order valence-corrected chi connectivity index (χ0v) is 13.8. The second-order valence-corrected chi connectivity index (χ2v) is 6.04. The molecular formula is C13H19BrF3N3O. The predicted molar refractivity (Wildman–Crippen MR) is 79.4 cm³/mol. The van der Waals surface area contributed by atoms with Crippen LogP contribution in [-0.2, 0) is 6.54 Å². The van der Waals surface area contributed by atoms with Crippen molar-refractivity contribution in [2.75, 3.05) is 5.32 Å². The lowest BCUT2D eigenvalue weighted by atomic mass is 10.0. The number of aromatic nitrogens is 2. The van der Waals surface area contributed by atoms with E-state index in [2.05, 4.69) is 40.2 Å². The summed E-state index contributed by atoms with van der Waals surface area (Å²) in [6.45, 7) is 4.77. The lowest BCUT2D eigenvalue weighted by Crippen LogP contribution is -2.31. The standard InChI is InChI=1S/C13H19BrF3N3O/c1-4-8(2)5-9(3)19-10-6-18-20(7-13(15,16)17)12(21)11(10)14/h6,8-9,19H,4-5,7H2,1-3H3. The van der Waals surface area contributed by atoms with Gasteiger partial charge in [0, 0.05) is 6.04 Å². The topological polar surface area (TPSA) is 46.9 Å². The minimum absolute atomic E-state index is 0.0674. The van der Waals surface area contributed by atoms with Crippen LogP contribution in [-0.4, -0.2) is 22.0 Å². The molecule has 0 aliphatic rings. The first-order chi connectivity index (χ1) is 9.64. The van der Waals surface area contributed by atoms with Crippen molar-refractivity contribution < 1.29 is 13.2 Å². The third-order valence-electron chi connectivity index (χ3n) is 3.17. The Morgan fingerprint density at radius 2 is 2.05 bits per heavy atom. The fourth-order valence-electron chi connectivity index (χ4n) is 1.94. The first-order valence-corrected chi connectivity index (χ1v) is 7.52. The summed E-state index contributed by atoms with van der Waals surface area (Å²) in [4.78, 5) is 11.8. The van der Waals surface area contributed by atoms with Gasteiger partial charge in [0.2, 0.25) is 0 Å². The fraction of sp³-hybridized carbons (Fsp3) is 0.692. The number of anilines is 1. The molecule has 0 aliphatic heterocycles.